The molecule has 0 radical (unpaired) electrons. The highest BCUT2D eigenvalue weighted by molar-refractivity contribution is 7.19. The highest BCUT2D eigenvalue weighted by Crippen LogP contribution is 2.35. The maximum absolute atomic E-state index is 15.1. The monoisotopic (exact) mass is 692 g/mol. The van der Waals surface area contributed by atoms with Crippen LogP contribution >= 0.6 is 11.3 Å². The molecule has 1 amide bonds. The number of benzene rings is 2. The number of ether oxygens (including phenoxy) is 1. The molecule has 15 heteroatoms. The fourth-order valence-corrected chi connectivity index (χ4v) is 7.61. The van der Waals surface area contributed by atoms with Crippen molar-refractivity contribution in [1.29, 1.82) is 0 Å². The first kappa shape index (κ1) is 31.9. The molecule has 0 atom stereocenters. The number of halogens is 1. The van der Waals surface area contributed by atoms with Gasteiger partial charge in [0.15, 0.2) is 11.6 Å². The van der Waals surface area contributed by atoms with Crippen LogP contribution in [0, 0.1) is 5.82 Å². The molecule has 254 valence electrons. The SMILES string of the molecule is Nc1ncc(-c2nc(N3CCOCC3)c3sc(CN4CCN(C(=O)c5cc(Cc6n[nH]c(=O)c7ccccc67)ccc5F)CC4)cc3n2)cn1. The number of carbonyl (C=O) groups excluding carboxylic acids is 1. The Morgan fingerprint density at radius 1 is 0.960 bits per heavy atom. The molecule has 50 heavy (non-hydrogen) atoms. The summed E-state index contributed by atoms with van der Waals surface area (Å²) in [6.45, 7) is 5.65. The van der Waals surface area contributed by atoms with Crippen LogP contribution < -0.4 is 16.2 Å². The Balaban J connectivity index is 0.969. The summed E-state index contributed by atoms with van der Waals surface area (Å²) in [5.41, 5.74) is 8.39. The van der Waals surface area contributed by atoms with Crippen molar-refractivity contribution < 1.29 is 13.9 Å². The van der Waals surface area contributed by atoms with E-state index in [-0.39, 0.29) is 23.0 Å². The van der Waals surface area contributed by atoms with Crippen LogP contribution in [0.1, 0.15) is 26.5 Å². The van der Waals surface area contributed by atoms with Gasteiger partial charge in [0, 0.05) is 74.9 Å². The Morgan fingerprint density at radius 2 is 1.72 bits per heavy atom. The quantitative estimate of drug-likeness (QED) is 0.252. The normalized spacial score (nSPS) is 15.6. The zero-order chi connectivity index (χ0) is 34.2. The van der Waals surface area contributed by atoms with E-state index in [1.807, 2.05) is 12.1 Å². The predicted octanol–water partition coefficient (Wildman–Crippen LogP) is 3.49. The highest BCUT2D eigenvalue weighted by atomic mass is 32.1. The number of thiophene rings is 1. The topological polar surface area (TPSA) is 159 Å². The smallest absolute Gasteiger partial charge is 0.272 e. The summed E-state index contributed by atoms with van der Waals surface area (Å²) in [5.74, 6) is 0.693. The lowest BCUT2D eigenvalue weighted by atomic mass is 10.0. The van der Waals surface area contributed by atoms with Crippen LogP contribution in [0.15, 0.2) is 65.7 Å². The van der Waals surface area contributed by atoms with Crippen LogP contribution in [-0.4, -0.2) is 98.3 Å². The second kappa shape index (κ2) is 13.5. The standard InChI is InChI=1S/C35H33FN10O3S/c36-27-6-5-21(16-28-24-3-1-2-4-25(24)33(47)43-42-28)15-26(27)34(48)46-9-7-44(8-10-46)20-23-17-29-30(50-23)32(45-11-13-49-14-12-45)41-31(40-29)22-18-38-35(37)39-19-22/h1-6,15,17-19H,7-14,16,20H2,(H,43,47)(H2,37,38,39). The minimum absolute atomic E-state index is 0.0331. The van der Waals surface area contributed by atoms with Crippen molar-refractivity contribution in [1.82, 2.24) is 39.9 Å². The Kier molecular flexibility index (Phi) is 8.60. The van der Waals surface area contributed by atoms with Gasteiger partial charge in [-0.05, 0) is 29.8 Å². The van der Waals surface area contributed by atoms with E-state index in [1.165, 1.54) is 6.07 Å². The average Bonchev–Trinajstić information content (AvgIpc) is 3.56. The number of amides is 1. The summed E-state index contributed by atoms with van der Waals surface area (Å²) < 4.78 is 21.7. The number of fused-ring (bicyclic) bond motifs is 2. The first-order valence-electron chi connectivity index (χ1n) is 16.4. The number of H-pyrrole nitrogens is 1. The molecule has 2 aromatic carbocycles. The van der Waals surface area contributed by atoms with E-state index >= 15 is 4.39 Å². The molecule has 2 saturated heterocycles. The van der Waals surface area contributed by atoms with E-state index in [2.05, 4.69) is 36.0 Å². The predicted molar refractivity (Wildman–Crippen MR) is 189 cm³/mol. The lowest BCUT2D eigenvalue weighted by molar-refractivity contribution is 0.0625. The highest BCUT2D eigenvalue weighted by Gasteiger charge is 2.26. The number of nitrogens with two attached hydrogens (primary N) is 1. The van der Waals surface area contributed by atoms with Crippen LogP contribution in [0.4, 0.5) is 16.2 Å². The van der Waals surface area contributed by atoms with Gasteiger partial charge in [-0.2, -0.15) is 5.10 Å². The van der Waals surface area contributed by atoms with Gasteiger partial charge in [-0.3, -0.25) is 14.5 Å². The number of morpholine rings is 1. The van der Waals surface area contributed by atoms with Gasteiger partial charge in [-0.15, -0.1) is 11.3 Å². The second-order valence-electron chi connectivity index (χ2n) is 12.3. The van der Waals surface area contributed by atoms with E-state index in [1.54, 1.807) is 52.9 Å². The van der Waals surface area contributed by atoms with Crippen molar-refractivity contribution in [3.8, 4) is 11.4 Å². The molecular weight excluding hydrogens is 660 g/mol. The summed E-state index contributed by atoms with van der Waals surface area (Å²) in [7, 11) is 0. The van der Waals surface area contributed by atoms with Crippen molar-refractivity contribution in [2.24, 2.45) is 0 Å². The van der Waals surface area contributed by atoms with Gasteiger partial charge in [0.1, 0.15) is 5.82 Å². The van der Waals surface area contributed by atoms with Crippen LogP contribution in [0.2, 0.25) is 0 Å². The maximum Gasteiger partial charge on any atom is 0.272 e. The molecular formula is C35H33FN10O3S. The van der Waals surface area contributed by atoms with E-state index in [4.69, 9.17) is 20.4 Å². The molecule has 6 heterocycles. The second-order valence-corrected chi connectivity index (χ2v) is 13.5. The number of hydrogen-bond donors (Lipinski definition) is 2. The molecule has 8 rings (SSSR count). The molecule has 2 aliphatic rings. The van der Waals surface area contributed by atoms with Gasteiger partial charge in [0.2, 0.25) is 5.95 Å². The molecule has 6 aromatic rings. The van der Waals surface area contributed by atoms with Gasteiger partial charge in [-0.25, -0.2) is 29.4 Å². The number of piperazine rings is 1. The summed E-state index contributed by atoms with van der Waals surface area (Å²) in [6, 6.07) is 13.9. The molecule has 0 aliphatic carbocycles. The van der Waals surface area contributed by atoms with Crippen molar-refractivity contribution in [2.45, 2.75) is 13.0 Å². The third-order valence-corrected chi connectivity index (χ3v) is 10.2. The molecule has 0 saturated carbocycles. The van der Waals surface area contributed by atoms with Crippen molar-refractivity contribution in [3.63, 3.8) is 0 Å². The molecule has 2 aliphatic heterocycles. The Hall–Kier alpha value is -5.38. The van der Waals surface area contributed by atoms with Crippen molar-refractivity contribution >= 4 is 50.0 Å². The summed E-state index contributed by atoms with van der Waals surface area (Å²) >= 11 is 1.67. The first-order valence-corrected chi connectivity index (χ1v) is 17.2. The number of rotatable bonds is 7. The maximum atomic E-state index is 15.1. The number of hydrogen-bond acceptors (Lipinski definition) is 12. The number of nitrogens with zero attached hydrogens (tertiary/aromatic N) is 8. The Bertz CT molecular complexity index is 2260. The lowest BCUT2D eigenvalue weighted by Gasteiger charge is -2.34. The minimum atomic E-state index is -0.562. The van der Waals surface area contributed by atoms with Crippen LogP contribution in [0.5, 0.6) is 0 Å². The fourth-order valence-electron chi connectivity index (χ4n) is 6.46. The van der Waals surface area contributed by atoms with Gasteiger partial charge in [0.05, 0.1) is 45.6 Å². The zero-order valence-electron chi connectivity index (χ0n) is 27.0. The number of carbonyl (C=O) groups is 1. The van der Waals surface area contributed by atoms with Gasteiger partial charge in [-0.1, -0.05) is 24.3 Å². The first-order chi connectivity index (χ1) is 24.4. The molecule has 0 spiro atoms. The van der Waals surface area contributed by atoms with E-state index in [0.29, 0.717) is 74.8 Å². The largest absolute Gasteiger partial charge is 0.378 e. The number of aromatic amines is 1. The van der Waals surface area contributed by atoms with Gasteiger partial charge >= 0.3 is 0 Å². The molecule has 13 nitrogen and oxygen atoms in total. The summed E-state index contributed by atoms with van der Waals surface area (Å²) in [6.07, 6.45) is 3.61. The van der Waals surface area contributed by atoms with E-state index in [9.17, 15) is 9.59 Å². The van der Waals surface area contributed by atoms with E-state index in [0.717, 1.165) is 45.0 Å². The lowest BCUT2D eigenvalue weighted by Crippen LogP contribution is -2.48. The third kappa shape index (κ3) is 6.37. The number of nitrogens with one attached hydrogen (secondary N) is 1. The van der Waals surface area contributed by atoms with Crippen LogP contribution in [0.3, 0.4) is 0 Å². The summed E-state index contributed by atoms with van der Waals surface area (Å²) in [4.78, 5) is 51.2. The Labute approximate surface area is 289 Å². The van der Waals surface area contributed by atoms with Crippen molar-refractivity contribution in [3.05, 3.63) is 98.8 Å². The summed E-state index contributed by atoms with van der Waals surface area (Å²) in [5, 5.41) is 8.04. The minimum Gasteiger partial charge on any atom is -0.378 e. The van der Waals surface area contributed by atoms with Crippen LogP contribution in [0.25, 0.3) is 32.4 Å². The third-order valence-electron chi connectivity index (χ3n) is 9.09. The molecule has 0 bridgehead atoms. The van der Waals surface area contributed by atoms with Gasteiger partial charge < -0.3 is 20.3 Å². The van der Waals surface area contributed by atoms with Gasteiger partial charge in [0.25, 0.3) is 11.5 Å². The van der Waals surface area contributed by atoms with Crippen LogP contribution in [-0.2, 0) is 17.7 Å². The van der Waals surface area contributed by atoms with Crippen molar-refractivity contribution in [2.75, 3.05) is 63.1 Å². The number of aromatic nitrogens is 6. The zero-order valence-corrected chi connectivity index (χ0v) is 27.8. The Morgan fingerprint density at radius 3 is 2.50 bits per heavy atom. The molecule has 3 N–H and O–H groups in total. The molecule has 0 unspecified atom stereocenters. The molecule has 2 fully saturated rings. The fraction of sp³-hybridized carbons (Fsp3) is 0.286. The molecule has 4 aromatic heterocycles. The average molecular weight is 693 g/mol. The number of nitrogen functional groups attached to an aromatic ring is 1. The number of anilines is 2. The van der Waals surface area contributed by atoms with E-state index < -0.39 is 5.82 Å².